The fourth-order valence-electron chi connectivity index (χ4n) is 1.84. The number of aryl methyl sites for hydroxylation is 1. The van der Waals surface area contributed by atoms with Crippen molar-refractivity contribution >= 4 is 27.3 Å². The smallest absolute Gasteiger partial charge is 0.183 e. The molecule has 0 amide bonds. The third kappa shape index (κ3) is 1.67. The molecule has 0 aliphatic heterocycles. The molecule has 0 atom stereocenters. The van der Waals surface area contributed by atoms with Gasteiger partial charge in [-0.3, -0.25) is 0 Å². The normalized spacial score (nSPS) is 11.0. The number of nitrogen functional groups attached to an aromatic ring is 1. The van der Waals surface area contributed by atoms with E-state index in [1.807, 2.05) is 43.3 Å². The van der Waals surface area contributed by atoms with E-state index in [1.54, 1.807) is 4.52 Å². The number of nitrogens with two attached hydrogens (primary N) is 1. The summed E-state index contributed by atoms with van der Waals surface area (Å²) in [5.74, 6) is 0.691. The maximum Gasteiger partial charge on any atom is 0.183 e. The van der Waals surface area contributed by atoms with Crippen molar-refractivity contribution in [1.82, 2.24) is 14.6 Å². The number of aromatic nitrogens is 3. The summed E-state index contributed by atoms with van der Waals surface area (Å²) in [6.45, 7) is 1.93. The molecule has 0 aliphatic rings. The van der Waals surface area contributed by atoms with E-state index in [2.05, 4.69) is 26.0 Å². The summed E-state index contributed by atoms with van der Waals surface area (Å²) in [6.07, 6.45) is 0. The van der Waals surface area contributed by atoms with Crippen LogP contribution in [0.15, 0.2) is 40.9 Å². The Labute approximate surface area is 113 Å². The third-order valence-electron chi connectivity index (χ3n) is 2.89. The number of nitrogens with zero attached hydrogens (tertiary/aromatic N) is 3. The van der Waals surface area contributed by atoms with Gasteiger partial charge in [0.25, 0.3) is 0 Å². The minimum Gasteiger partial charge on any atom is -0.397 e. The molecule has 0 saturated heterocycles. The van der Waals surface area contributed by atoms with Gasteiger partial charge in [0.1, 0.15) is 0 Å². The number of hydrogen-bond acceptors (Lipinski definition) is 3. The monoisotopic (exact) mass is 302 g/mol. The molecular weight excluding hydrogens is 292 g/mol. The van der Waals surface area contributed by atoms with E-state index in [-0.39, 0.29) is 0 Å². The molecule has 0 unspecified atom stereocenters. The SMILES string of the molecule is Cc1c(N)ccc2nc(-c3ccccc3Br)nn12. The number of fused-ring (bicyclic) bond motifs is 1. The van der Waals surface area contributed by atoms with Crippen molar-refractivity contribution in [3.8, 4) is 11.4 Å². The topological polar surface area (TPSA) is 56.2 Å². The van der Waals surface area contributed by atoms with Gasteiger partial charge in [-0.25, -0.2) is 9.50 Å². The molecule has 18 heavy (non-hydrogen) atoms. The number of benzene rings is 1. The Bertz CT molecular complexity index is 733. The highest BCUT2D eigenvalue weighted by Crippen LogP contribution is 2.26. The van der Waals surface area contributed by atoms with Crippen molar-refractivity contribution in [1.29, 1.82) is 0 Å². The van der Waals surface area contributed by atoms with Crippen molar-refractivity contribution in [2.75, 3.05) is 5.73 Å². The van der Waals surface area contributed by atoms with Crippen LogP contribution in [0.4, 0.5) is 5.69 Å². The van der Waals surface area contributed by atoms with Crippen LogP contribution in [-0.2, 0) is 0 Å². The van der Waals surface area contributed by atoms with Gasteiger partial charge in [0.05, 0.1) is 11.4 Å². The molecule has 0 saturated carbocycles. The van der Waals surface area contributed by atoms with Crippen LogP contribution < -0.4 is 5.73 Å². The van der Waals surface area contributed by atoms with Crippen LogP contribution >= 0.6 is 15.9 Å². The first-order chi connectivity index (χ1) is 8.66. The lowest BCUT2D eigenvalue weighted by atomic mass is 10.2. The van der Waals surface area contributed by atoms with E-state index < -0.39 is 0 Å². The van der Waals surface area contributed by atoms with Gasteiger partial charge >= 0.3 is 0 Å². The second-order valence-corrected chi connectivity index (χ2v) is 4.91. The number of hydrogen-bond donors (Lipinski definition) is 1. The molecule has 1 aromatic carbocycles. The summed E-state index contributed by atoms with van der Waals surface area (Å²) in [7, 11) is 0. The quantitative estimate of drug-likeness (QED) is 0.751. The molecule has 2 heterocycles. The first kappa shape index (κ1) is 11.2. The third-order valence-corrected chi connectivity index (χ3v) is 3.59. The molecule has 3 rings (SSSR count). The largest absolute Gasteiger partial charge is 0.397 e. The van der Waals surface area contributed by atoms with Gasteiger partial charge in [0.15, 0.2) is 11.5 Å². The van der Waals surface area contributed by atoms with Crippen molar-refractivity contribution in [3.63, 3.8) is 0 Å². The maximum atomic E-state index is 5.87. The molecule has 0 aliphatic carbocycles. The molecule has 0 spiro atoms. The van der Waals surface area contributed by atoms with E-state index >= 15 is 0 Å². The summed E-state index contributed by atoms with van der Waals surface area (Å²) < 4.78 is 2.75. The van der Waals surface area contributed by atoms with Gasteiger partial charge in [-0.1, -0.05) is 28.1 Å². The predicted octanol–water partition coefficient (Wildman–Crippen LogP) is 3.05. The zero-order valence-electron chi connectivity index (χ0n) is 9.76. The lowest BCUT2D eigenvalue weighted by molar-refractivity contribution is 0.922. The Balaban J connectivity index is 2.26. The van der Waals surface area contributed by atoms with E-state index in [9.17, 15) is 0 Å². The highest BCUT2D eigenvalue weighted by Gasteiger charge is 2.11. The van der Waals surface area contributed by atoms with Crippen molar-refractivity contribution < 1.29 is 0 Å². The van der Waals surface area contributed by atoms with Gasteiger partial charge in [0.2, 0.25) is 0 Å². The summed E-state index contributed by atoms with van der Waals surface area (Å²) in [5.41, 5.74) is 9.25. The van der Waals surface area contributed by atoms with Crippen molar-refractivity contribution in [2.24, 2.45) is 0 Å². The molecule has 5 heteroatoms. The van der Waals surface area contributed by atoms with Gasteiger partial charge < -0.3 is 5.73 Å². The molecular formula is C13H11BrN4. The van der Waals surface area contributed by atoms with E-state index in [0.717, 1.165) is 21.4 Å². The first-order valence-electron chi connectivity index (χ1n) is 5.53. The molecule has 90 valence electrons. The summed E-state index contributed by atoms with van der Waals surface area (Å²) >= 11 is 3.51. The molecule has 4 nitrogen and oxygen atoms in total. The van der Waals surface area contributed by atoms with Gasteiger partial charge in [-0.15, -0.1) is 5.10 Å². The second-order valence-electron chi connectivity index (χ2n) is 4.06. The molecule has 0 bridgehead atoms. The number of halogens is 1. The Kier molecular flexibility index (Phi) is 2.56. The van der Waals surface area contributed by atoms with Crippen LogP contribution in [-0.4, -0.2) is 14.6 Å². The van der Waals surface area contributed by atoms with Crippen LogP contribution in [0, 0.1) is 6.92 Å². The van der Waals surface area contributed by atoms with Crippen LogP contribution in [0.5, 0.6) is 0 Å². The minimum atomic E-state index is 0.691. The lowest BCUT2D eigenvalue weighted by Crippen LogP contribution is -1.98. The molecule has 0 radical (unpaired) electrons. The van der Waals surface area contributed by atoms with E-state index in [0.29, 0.717) is 11.5 Å². The van der Waals surface area contributed by atoms with Crippen LogP contribution in [0.2, 0.25) is 0 Å². The van der Waals surface area contributed by atoms with Gasteiger partial charge in [-0.05, 0) is 31.2 Å². The van der Waals surface area contributed by atoms with Gasteiger partial charge in [0, 0.05) is 10.0 Å². The average Bonchev–Trinajstić information content (AvgIpc) is 2.79. The Morgan fingerprint density at radius 3 is 2.72 bits per heavy atom. The van der Waals surface area contributed by atoms with E-state index in [4.69, 9.17) is 5.73 Å². The Morgan fingerprint density at radius 1 is 1.17 bits per heavy atom. The molecule has 0 fully saturated rings. The number of pyridine rings is 1. The second kappa shape index (κ2) is 4.10. The number of anilines is 1. The summed E-state index contributed by atoms with van der Waals surface area (Å²) in [4.78, 5) is 4.51. The zero-order chi connectivity index (χ0) is 12.7. The molecule has 2 aromatic heterocycles. The fraction of sp³-hybridized carbons (Fsp3) is 0.0769. The zero-order valence-corrected chi connectivity index (χ0v) is 11.3. The minimum absolute atomic E-state index is 0.691. The van der Waals surface area contributed by atoms with Crippen LogP contribution in [0.25, 0.3) is 17.0 Å². The van der Waals surface area contributed by atoms with Gasteiger partial charge in [-0.2, -0.15) is 0 Å². The number of rotatable bonds is 1. The van der Waals surface area contributed by atoms with E-state index in [1.165, 1.54) is 0 Å². The predicted molar refractivity (Wildman–Crippen MR) is 75.3 cm³/mol. The standard InChI is InChI=1S/C13H11BrN4/c1-8-11(15)6-7-12-16-13(17-18(8)12)9-4-2-3-5-10(9)14/h2-7H,15H2,1H3. The van der Waals surface area contributed by atoms with Crippen LogP contribution in [0.1, 0.15) is 5.69 Å². The van der Waals surface area contributed by atoms with Crippen molar-refractivity contribution in [3.05, 3.63) is 46.6 Å². The Hall–Kier alpha value is -1.88. The highest BCUT2D eigenvalue weighted by molar-refractivity contribution is 9.10. The molecule has 3 aromatic rings. The van der Waals surface area contributed by atoms with Crippen LogP contribution in [0.3, 0.4) is 0 Å². The highest BCUT2D eigenvalue weighted by atomic mass is 79.9. The summed E-state index contributed by atoms with van der Waals surface area (Å²) in [6, 6.07) is 11.6. The van der Waals surface area contributed by atoms with Crippen molar-refractivity contribution in [2.45, 2.75) is 6.92 Å². The Morgan fingerprint density at radius 2 is 1.94 bits per heavy atom. The fourth-order valence-corrected chi connectivity index (χ4v) is 2.30. The maximum absolute atomic E-state index is 5.87. The first-order valence-corrected chi connectivity index (χ1v) is 6.33. The lowest BCUT2D eigenvalue weighted by Gasteiger charge is -2.00. The summed E-state index contributed by atoms with van der Waals surface area (Å²) in [5, 5.41) is 4.50. The average molecular weight is 303 g/mol. The molecule has 2 N–H and O–H groups in total.